The average Bonchev–Trinajstić information content (AvgIpc) is 2.81. The van der Waals surface area contributed by atoms with Gasteiger partial charge in [-0.3, -0.25) is 0 Å². The topological polar surface area (TPSA) is 48.7 Å². The average molecular weight is 250 g/mol. The first kappa shape index (κ1) is 10.9. The first-order valence-corrected chi connectivity index (χ1v) is 5.92. The standard InChI is InChI=1S/C11H8ClN3S/c12-10-2-1-8(4-13)3-11(10)14-5-9-6-16-7-15-9/h1-3,6-7,14H,5H2. The molecule has 0 aliphatic carbocycles. The van der Waals surface area contributed by atoms with Crippen molar-refractivity contribution in [2.75, 3.05) is 5.32 Å². The quantitative estimate of drug-likeness (QED) is 0.908. The van der Waals surface area contributed by atoms with Gasteiger partial charge in [0.15, 0.2) is 0 Å². The van der Waals surface area contributed by atoms with Crippen LogP contribution in [0.5, 0.6) is 0 Å². The predicted octanol–water partition coefficient (Wildman–Crippen LogP) is 3.28. The molecular formula is C11H8ClN3S. The summed E-state index contributed by atoms with van der Waals surface area (Å²) in [5, 5.41) is 14.5. The van der Waals surface area contributed by atoms with Crippen molar-refractivity contribution in [2.45, 2.75) is 6.54 Å². The molecule has 5 heteroatoms. The number of benzene rings is 1. The number of nitrogens with zero attached hydrogens (tertiary/aromatic N) is 2. The summed E-state index contributed by atoms with van der Waals surface area (Å²) in [5.41, 5.74) is 4.09. The van der Waals surface area contributed by atoms with Crippen LogP contribution in [0.2, 0.25) is 5.02 Å². The summed E-state index contributed by atoms with van der Waals surface area (Å²) >= 11 is 7.55. The van der Waals surface area contributed by atoms with E-state index in [-0.39, 0.29) is 0 Å². The van der Waals surface area contributed by atoms with Crippen LogP contribution >= 0.6 is 22.9 Å². The zero-order valence-corrected chi connectivity index (χ0v) is 9.85. The Bertz CT molecular complexity index is 517. The Morgan fingerprint density at radius 1 is 1.50 bits per heavy atom. The minimum absolute atomic E-state index is 0.588. The number of thiazole rings is 1. The van der Waals surface area contributed by atoms with Gasteiger partial charge in [-0.1, -0.05) is 11.6 Å². The van der Waals surface area contributed by atoms with Crippen LogP contribution in [0.25, 0.3) is 0 Å². The number of hydrogen-bond acceptors (Lipinski definition) is 4. The van der Waals surface area contributed by atoms with Crippen molar-refractivity contribution in [2.24, 2.45) is 0 Å². The zero-order chi connectivity index (χ0) is 11.4. The second kappa shape index (κ2) is 4.97. The molecule has 0 radical (unpaired) electrons. The highest BCUT2D eigenvalue weighted by atomic mass is 35.5. The van der Waals surface area contributed by atoms with E-state index >= 15 is 0 Å². The number of hydrogen-bond donors (Lipinski definition) is 1. The molecule has 80 valence electrons. The first-order chi connectivity index (χ1) is 7.79. The Labute approximate surface area is 102 Å². The second-order valence-electron chi connectivity index (χ2n) is 3.14. The van der Waals surface area contributed by atoms with Crippen molar-refractivity contribution >= 4 is 28.6 Å². The maximum Gasteiger partial charge on any atom is 0.0992 e. The third-order valence-corrected chi connectivity index (χ3v) is 3.00. The number of halogens is 1. The largest absolute Gasteiger partial charge is 0.378 e. The third-order valence-electron chi connectivity index (χ3n) is 2.04. The van der Waals surface area contributed by atoms with Gasteiger partial charge in [0, 0.05) is 5.38 Å². The number of rotatable bonds is 3. The smallest absolute Gasteiger partial charge is 0.0992 e. The number of anilines is 1. The van der Waals surface area contributed by atoms with Crippen LogP contribution in [0.4, 0.5) is 5.69 Å². The van der Waals surface area contributed by atoms with Gasteiger partial charge in [0.1, 0.15) is 0 Å². The molecule has 1 heterocycles. The molecule has 1 N–H and O–H groups in total. The fraction of sp³-hybridized carbons (Fsp3) is 0.0909. The van der Waals surface area contributed by atoms with Gasteiger partial charge in [0.25, 0.3) is 0 Å². The monoisotopic (exact) mass is 249 g/mol. The highest BCUT2D eigenvalue weighted by Crippen LogP contribution is 2.23. The van der Waals surface area contributed by atoms with Crippen molar-refractivity contribution in [3.63, 3.8) is 0 Å². The van der Waals surface area contributed by atoms with Gasteiger partial charge in [-0.25, -0.2) is 4.98 Å². The summed E-state index contributed by atoms with van der Waals surface area (Å²) in [5.74, 6) is 0. The molecule has 0 spiro atoms. The Morgan fingerprint density at radius 3 is 3.06 bits per heavy atom. The molecule has 1 aromatic heterocycles. The van der Waals surface area contributed by atoms with E-state index in [9.17, 15) is 0 Å². The lowest BCUT2D eigenvalue weighted by Gasteiger charge is -2.06. The van der Waals surface area contributed by atoms with Gasteiger partial charge in [-0.15, -0.1) is 11.3 Å². The maximum absolute atomic E-state index is 8.77. The van der Waals surface area contributed by atoms with Crippen molar-refractivity contribution in [1.29, 1.82) is 5.26 Å². The fourth-order valence-electron chi connectivity index (χ4n) is 1.24. The van der Waals surface area contributed by atoms with Gasteiger partial charge in [0.05, 0.1) is 40.1 Å². The van der Waals surface area contributed by atoms with Crippen molar-refractivity contribution in [3.05, 3.63) is 45.4 Å². The Balaban J connectivity index is 2.12. The van der Waals surface area contributed by atoms with Gasteiger partial charge in [-0.2, -0.15) is 5.26 Å². The van der Waals surface area contributed by atoms with Crippen LogP contribution in [0, 0.1) is 11.3 Å². The molecule has 0 aliphatic heterocycles. The van der Waals surface area contributed by atoms with Gasteiger partial charge < -0.3 is 5.32 Å². The summed E-state index contributed by atoms with van der Waals surface area (Å²) in [6.07, 6.45) is 0. The van der Waals surface area contributed by atoms with Crippen molar-refractivity contribution in [3.8, 4) is 6.07 Å². The SMILES string of the molecule is N#Cc1ccc(Cl)c(NCc2cscn2)c1. The molecule has 2 aromatic rings. The van der Waals surface area contributed by atoms with Crippen LogP contribution in [0.15, 0.2) is 29.1 Å². The summed E-state index contributed by atoms with van der Waals surface area (Å²) < 4.78 is 0. The van der Waals surface area contributed by atoms with E-state index in [1.54, 1.807) is 35.0 Å². The molecule has 2 rings (SSSR count). The summed E-state index contributed by atoms with van der Waals surface area (Å²) in [6, 6.07) is 7.21. The molecule has 3 nitrogen and oxygen atoms in total. The first-order valence-electron chi connectivity index (χ1n) is 4.60. The minimum Gasteiger partial charge on any atom is -0.378 e. The van der Waals surface area contributed by atoms with Crippen molar-refractivity contribution < 1.29 is 0 Å². The van der Waals surface area contributed by atoms with Crippen LogP contribution in [0.1, 0.15) is 11.3 Å². The van der Waals surface area contributed by atoms with E-state index < -0.39 is 0 Å². The third kappa shape index (κ3) is 2.51. The summed E-state index contributed by atoms with van der Waals surface area (Å²) in [6.45, 7) is 0.609. The lowest BCUT2D eigenvalue weighted by molar-refractivity contribution is 1.07. The van der Waals surface area contributed by atoms with Gasteiger partial charge >= 0.3 is 0 Å². The molecule has 16 heavy (non-hydrogen) atoms. The van der Waals surface area contributed by atoms with E-state index in [1.807, 2.05) is 5.38 Å². The Morgan fingerprint density at radius 2 is 2.38 bits per heavy atom. The number of nitriles is 1. The molecule has 0 aliphatic rings. The van der Waals surface area contributed by atoms with Gasteiger partial charge in [0.2, 0.25) is 0 Å². The highest BCUT2D eigenvalue weighted by molar-refractivity contribution is 7.07. The Hall–Kier alpha value is -1.57. The van der Waals surface area contributed by atoms with Crippen molar-refractivity contribution in [1.82, 2.24) is 4.98 Å². The van der Waals surface area contributed by atoms with E-state index in [0.29, 0.717) is 17.1 Å². The molecule has 0 amide bonds. The minimum atomic E-state index is 0.588. The summed E-state index contributed by atoms with van der Waals surface area (Å²) in [4.78, 5) is 4.15. The normalized spacial score (nSPS) is 9.75. The van der Waals surface area contributed by atoms with Crippen LogP contribution < -0.4 is 5.32 Å². The van der Waals surface area contributed by atoms with Crippen LogP contribution in [-0.2, 0) is 6.54 Å². The Kier molecular flexibility index (Phi) is 3.40. The van der Waals surface area contributed by atoms with Crippen LogP contribution in [0.3, 0.4) is 0 Å². The molecule has 0 unspecified atom stereocenters. The molecular weight excluding hydrogens is 242 g/mol. The molecule has 1 aromatic carbocycles. The lowest BCUT2D eigenvalue weighted by atomic mass is 10.2. The summed E-state index contributed by atoms with van der Waals surface area (Å²) in [7, 11) is 0. The predicted molar refractivity (Wildman–Crippen MR) is 65.6 cm³/mol. The fourth-order valence-corrected chi connectivity index (χ4v) is 1.98. The molecule has 0 saturated heterocycles. The van der Waals surface area contributed by atoms with Crippen LogP contribution in [-0.4, -0.2) is 4.98 Å². The molecule has 0 bridgehead atoms. The highest BCUT2D eigenvalue weighted by Gasteiger charge is 2.02. The molecule has 0 fully saturated rings. The molecule has 0 atom stereocenters. The maximum atomic E-state index is 8.77. The van der Waals surface area contributed by atoms with E-state index in [4.69, 9.17) is 16.9 Å². The number of aromatic nitrogens is 1. The van der Waals surface area contributed by atoms with E-state index in [0.717, 1.165) is 11.4 Å². The van der Waals surface area contributed by atoms with Gasteiger partial charge in [-0.05, 0) is 18.2 Å². The number of nitrogens with one attached hydrogen (secondary N) is 1. The molecule has 0 saturated carbocycles. The second-order valence-corrected chi connectivity index (χ2v) is 4.27. The lowest BCUT2D eigenvalue weighted by Crippen LogP contribution is -2.00. The van der Waals surface area contributed by atoms with E-state index in [1.165, 1.54) is 0 Å². The zero-order valence-electron chi connectivity index (χ0n) is 8.27. The van der Waals surface area contributed by atoms with E-state index in [2.05, 4.69) is 16.4 Å².